The molecule has 2 aromatic rings. The third-order valence-corrected chi connectivity index (χ3v) is 4.28. The van der Waals surface area contributed by atoms with Crippen LogP contribution in [0.4, 0.5) is 0 Å². The fourth-order valence-corrected chi connectivity index (χ4v) is 3.29. The van der Waals surface area contributed by atoms with Gasteiger partial charge in [0.05, 0.1) is 6.10 Å². The van der Waals surface area contributed by atoms with E-state index < -0.39 is 6.10 Å². The SMILES string of the molecule is CC1(C)Cc2cc(C(O)Cc3cccc(Br)c3)ccc2O1. The molecule has 0 bridgehead atoms. The molecule has 1 aliphatic heterocycles. The number of ether oxygens (including phenoxy) is 1. The largest absolute Gasteiger partial charge is 0.487 e. The van der Waals surface area contributed by atoms with E-state index in [1.165, 1.54) is 5.56 Å². The van der Waals surface area contributed by atoms with Gasteiger partial charge in [0.2, 0.25) is 0 Å². The first-order valence-corrected chi connectivity index (χ1v) is 7.97. The van der Waals surface area contributed by atoms with Gasteiger partial charge in [0.25, 0.3) is 0 Å². The third kappa shape index (κ3) is 3.30. The maximum atomic E-state index is 10.5. The number of halogens is 1. The van der Waals surface area contributed by atoms with Crippen molar-refractivity contribution < 1.29 is 9.84 Å². The quantitative estimate of drug-likeness (QED) is 0.890. The van der Waals surface area contributed by atoms with E-state index in [1.54, 1.807) is 0 Å². The van der Waals surface area contributed by atoms with Gasteiger partial charge in [0.15, 0.2) is 0 Å². The fourth-order valence-electron chi connectivity index (χ4n) is 2.84. The monoisotopic (exact) mass is 346 g/mol. The normalized spacial score (nSPS) is 17.1. The number of fused-ring (bicyclic) bond motifs is 1. The predicted octanol–water partition coefficient (Wildman–Crippen LogP) is 4.44. The van der Waals surface area contributed by atoms with Gasteiger partial charge in [-0.1, -0.05) is 34.1 Å². The molecule has 1 aliphatic rings. The Balaban J connectivity index is 1.79. The van der Waals surface area contributed by atoms with Crippen LogP contribution in [-0.2, 0) is 12.8 Å². The van der Waals surface area contributed by atoms with Gasteiger partial charge in [-0.2, -0.15) is 0 Å². The summed E-state index contributed by atoms with van der Waals surface area (Å²) in [5.74, 6) is 0.943. The molecule has 0 spiro atoms. The Bertz CT molecular complexity index is 664. The molecule has 0 radical (unpaired) electrons. The zero-order valence-electron chi connectivity index (χ0n) is 12.3. The number of hydrogen-bond donors (Lipinski definition) is 1. The van der Waals surface area contributed by atoms with Crippen molar-refractivity contribution >= 4 is 15.9 Å². The second kappa shape index (κ2) is 5.47. The van der Waals surface area contributed by atoms with E-state index in [4.69, 9.17) is 4.74 Å². The molecule has 0 amide bonds. The van der Waals surface area contributed by atoms with E-state index in [2.05, 4.69) is 35.8 Å². The molecule has 3 heteroatoms. The molecule has 0 aliphatic carbocycles. The van der Waals surface area contributed by atoms with Gasteiger partial charge < -0.3 is 9.84 Å². The van der Waals surface area contributed by atoms with Crippen molar-refractivity contribution in [1.82, 2.24) is 0 Å². The van der Waals surface area contributed by atoms with Crippen LogP contribution in [0.2, 0.25) is 0 Å². The highest BCUT2D eigenvalue weighted by Crippen LogP contribution is 2.36. The second-order valence-electron chi connectivity index (χ2n) is 6.26. The van der Waals surface area contributed by atoms with Crippen LogP contribution in [0.15, 0.2) is 46.9 Å². The summed E-state index contributed by atoms with van der Waals surface area (Å²) >= 11 is 3.46. The molecule has 2 aromatic carbocycles. The minimum absolute atomic E-state index is 0.143. The summed E-state index contributed by atoms with van der Waals surface area (Å²) in [5, 5.41) is 10.5. The third-order valence-electron chi connectivity index (χ3n) is 3.79. The highest BCUT2D eigenvalue weighted by atomic mass is 79.9. The standard InChI is InChI=1S/C18H19BrO2/c1-18(2)11-14-10-13(6-7-17(14)21-18)16(20)9-12-4-3-5-15(19)8-12/h3-8,10,16,20H,9,11H2,1-2H3. The number of hydrogen-bond acceptors (Lipinski definition) is 2. The number of benzene rings is 2. The van der Waals surface area contributed by atoms with Crippen LogP contribution in [0.1, 0.15) is 36.6 Å². The summed E-state index contributed by atoms with van der Waals surface area (Å²) < 4.78 is 6.91. The van der Waals surface area contributed by atoms with Crippen molar-refractivity contribution in [2.75, 3.05) is 0 Å². The zero-order valence-corrected chi connectivity index (χ0v) is 13.9. The molecule has 110 valence electrons. The molecule has 3 rings (SSSR count). The van der Waals surface area contributed by atoms with Crippen LogP contribution in [0, 0.1) is 0 Å². The highest BCUT2D eigenvalue weighted by molar-refractivity contribution is 9.10. The number of rotatable bonds is 3. The Kier molecular flexibility index (Phi) is 3.80. The van der Waals surface area contributed by atoms with Crippen LogP contribution in [0.5, 0.6) is 5.75 Å². The lowest BCUT2D eigenvalue weighted by molar-refractivity contribution is 0.138. The summed E-state index contributed by atoms with van der Waals surface area (Å²) in [6, 6.07) is 14.1. The minimum atomic E-state index is -0.492. The summed E-state index contributed by atoms with van der Waals surface area (Å²) in [5.41, 5.74) is 3.12. The predicted molar refractivity (Wildman–Crippen MR) is 87.7 cm³/mol. The Hall–Kier alpha value is -1.32. The van der Waals surface area contributed by atoms with Gasteiger partial charge in [-0.3, -0.25) is 0 Å². The van der Waals surface area contributed by atoms with Gasteiger partial charge in [-0.05, 0) is 54.8 Å². The molecule has 0 saturated carbocycles. The first-order chi connectivity index (χ1) is 9.93. The first-order valence-electron chi connectivity index (χ1n) is 7.17. The fraction of sp³-hybridized carbons (Fsp3) is 0.333. The van der Waals surface area contributed by atoms with Crippen LogP contribution in [0.3, 0.4) is 0 Å². The molecule has 0 aromatic heterocycles. The van der Waals surface area contributed by atoms with E-state index in [0.29, 0.717) is 6.42 Å². The zero-order chi connectivity index (χ0) is 15.0. The smallest absolute Gasteiger partial charge is 0.123 e. The molecule has 1 unspecified atom stereocenters. The van der Waals surface area contributed by atoms with Crippen LogP contribution in [0.25, 0.3) is 0 Å². The Morgan fingerprint density at radius 2 is 2.05 bits per heavy atom. The average molecular weight is 347 g/mol. The van der Waals surface area contributed by atoms with E-state index in [1.807, 2.05) is 36.4 Å². The second-order valence-corrected chi connectivity index (χ2v) is 7.17. The van der Waals surface area contributed by atoms with E-state index in [9.17, 15) is 5.11 Å². The molecule has 1 atom stereocenters. The summed E-state index contributed by atoms with van der Waals surface area (Å²) in [4.78, 5) is 0. The lowest BCUT2D eigenvalue weighted by Gasteiger charge is -2.16. The lowest BCUT2D eigenvalue weighted by atomic mass is 9.96. The lowest BCUT2D eigenvalue weighted by Crippen LogP contribution is -2.24. The van der Waals surface area contributed by atoms with Gasteiger partial charge in [-0.25, -0.2) is 0 Å². The van der Waals surface area contributed by atoms with E-state index >= 15 is 0 Å². The Morgan fingerprint density at radius 3 is 2.81 bits per heavy atom. The average Bonchev–Trinajstić information content (AvgIpc) is 2.71. The van der Waals surface area contributed by atoms with Crippen LogP contribution < -0.4 is 4.74 Å². The molecular formula is C18H19BrO2. The van der Waals surface area contributed by atoms with Crippen molar-refractivity contribution in [3.05, 3.63) is 63.6 Å². The number of aliphatic hydroxyl groups excluding tert-OH is 1. The van der Waals surface area contributed by atoms with E-state index in [0.717, 1.165) is 27.8 Å². The number of aliphatic hydroxyl groups is 1. The summed E-state index contributed by atoms with van der Waals surface area (Å²) in [7, 11) is 0. The van der Waals surface area contributed by atoms with Crippen LogP contribution in [-0.4, -0.2) is 10.7 Å². The summed E-state index contributed by atoms with van der Waals surface area (Å²) in [6.45, 7) is 4.18. The van der Waals surface area contributed by atoms with Crippen molar-refractivity contribution in [2.24, 2.45) is 0 Å². The minimum Gasteiger partial charge on any atom is -0.487 e. The Labute approximate surface area is 133 Å². The van der Waals surface area contributed by atoms with Gasteiger partial charge in [0.1, 0.15) is 11.4 Å². The molecule has 0 saturated heterocycles. The van der Waals surface area contributed by atoms with E-state index in [-0.39, 0.29) is 5.60 Å². The maximum absolute atomic E-state index is 10.5. The summed E-state index contributed by atoms with van der Waals surface area (Å²) in [6.07, 6.45) is 1.01. The molecule has 0 fully saturated rings. The van der Waals surface area contributed by atoms with Crippen molar-refractivity contribution in [2.45, 2.75) is 38.4 Å². The maximum Gasteiger partial charge on any atom is 0.123 e. The van der Waals surface area contributed by atoms with Crippen molar-refractivity contribution in [1.29, 1.82) is 0 Å². The molecule has 21 heavy (non-hydrogen) atoms. The molecule has 2 nitrogen and oxygen atoms in total. The highest BCUT2D eigenvalue weighted by Gasteiger charge is 2.30. The van der Waals surface area contributed by atoms with Gasteiger partial charge >= 0.3 is 0 Å². The van der Waals surface area contributed by atoms with Crippen molar-refractivity contribution in [3.8, 4) is 5.75 Å². The van der Waals surface area contributed by atoms with Gasteiger partial charge in [0, 0.05) is 17.3 Å². The van der Waals surface area contributed by atoms with Crippen molar-refractivity contribution in [3.63, 3.8) is 0 Å². The first kappa shape index (κ1) is 14.6. The topological polar surface area (TPSA) is 29.5 Å². The molecule has 1 heterocycles. The van der Waals surface area contributed by atoms with Crippen LogP contribution >= 0.6 is 15.9 Å². The Morgan fingerprint density at radius 1 is 1.24 bits per heavy atom. The van der Waals surface area contributed by atoms with Gasteiger partial charge in [-0.15, -0.1) is 0 Å². The molecule has 1 N–H and O–H groups in total. The molecular weight excluding hydrogens is 328 g/mol.